The third kappa shape index (κ3) is 4.00. The zero-order valence-corrected chi connectivity index (χ0v) is 12.2. The number of benzene rings is 1. The number of carbonyl (C=O) groups excluding carboxylic acids is 2. The Morgan fingerprint density at radius 3 is 2.35 bits per heavy atom. The van der Waals surface area contributed by atoms with Crippen LogP contribution in [-0.4, -0.2) is 29.3 Å². The first-order valence-electron chi connectivity index (χ1n) is 7.16. The summed E-state index contributed by atoms with van der Waals surface area (Å²) < 4.78 is 51.6. The van der Waals surface area contributed by atoms with Crippen molar-refractivity contribution in [3.05, 3.63) is 35.1 Å². The van der Waals surface area contributed by atoms with E-state index in [1.54, 1.807) is 0 Å². The van der Waals surface area contributed by atoms with E-state index in [2.05, 4.69) is 0 Å². The second-order valence-corrected chi connectivity index (χ2v) is 5.53. The zero-order valence-electron chi connectivity index (χ0n) is 12.2. The molecule has 126 valence electrons. The highest BCUT2D eigenvalue weighted by atomic mass is 19.4. The van der Waals surface area contributed by atoms with Gasteiger partial charge in [0, 0.05) is 11.6 Å². The van der Waals surface area contributed by atoms with Crippen molar-refractivity contribution in [1.82, 2.24) is 4.90 Å². The molecule has 0 saturated heterocycles. The Morgan fingerprint density at radius 2 is 1.83 bits per heavy atom. The van der Waals surface area contributed by atoms with E-state index in [1.807, 2.05) is 0 Å². The van der Waals surface area contributed by atoms with E-state index < -0.39 is 29.4 Å². The van der Waals surface area contributed by atoms with Gasteiger partial charge in [0.15, 0.2) is 0 Å². The summed E-state index contributed by atoms with van der Waals surface area (Å²) >= 11 is 0. The van der Waals surface area contributed by atoms with Gasteiger partial charge in [-0.25, -0.2) is 4.39 Å². The van der Waals surface area contributed by atoms with Crippen molar-refractivity contribution in [2.45, 2.75) is 37.9 Å². The third-order valence-electron chi connectivity index (χ3n) is 3.87. The third-order valence-corrected chi connectivity index (χ3v) is 3.87. The molecule has 23 heavy (non-hydrogen) atoms. The standard InChI is InChI=1S/C15H16F4N2O2/c16-12-6-5-9(7-11(12)15(17,18)19)14(23)21(8-13(20)22)10-3-1-2-4-10/h5-7,10H,1-4,8H2,(H2,20,22). The second kappa shape index (κ2) is 6.55. The Kier molecular flexibility index (Phi) is 4.91. The summed E-state index contributed by atoms with van der Waals surface area (Å²) in [7, 11) is 0. The van der Waals surface area contributed by atoms with Crippen molar-refractivity contribution in [3.63, 3.8) is 0 Å². The molecule has 2 rings (SSSR count). The van der Waals surface area contributed by atoms with E-state index in [0.717, 1.165) is 18.9 Å². The fourth-order valence-electron chi connectivity index (χ4n) is 2.79. The van der Waals surface area contributed by atoms with Crippen molar-refractivity contribution in [1.29, 1.82) is 0 Å². The minimum atomic E-state index is -4.90. The van der Waals surface area contributed by atoms with Crippen LogP contribution in [0.25, 0.3) is 0 Å². The van der Waals surface area contributed by atoms with Crippen molar-refractivity contribution in [3.8, 4) is 0 Å². The molecule has 1 saturated carbocycles. The number of hydrogen-bond acceptors (Lipinski definition) is 2. The van der Waals surface area contributed by atoms with Crippen LogP contribution in [0.1, 0.15) is 41.6 Å². The van der Waals surface area contributed by atoms with Gasteiger partial charge >= 0.3 is 6.18 Å². The molecule has 0 unspecified atom stereocenters. The number of amides is 2. The summed E-state index contributed by atoms with van der Waals surface area (Å²) in [5.74, 6) is -2.94. The van der Waals surface area contributed by atoms with Crippen molar-refractivity contribution >= 4 is 11.8 Å². The van der Waals surface area contributed by atoms with E-state index in [4.69, 9.17) is 5.73 Å². The highest BCUT2D eigenvalue weighted by Gasteiger charge is 2.36. The lowest BCUT2D eigenvalue weighted by atomic mass is 10.1. The summed E-state index contributed by atoms with van der Waals surface area (Å²) in [5.41, 5.74) is 3.31. The first-order valence-corrected chi connectivity index (χ1v) is 7.16. The summed E-state index contributed by atoms with van der Waals surface area (Å²) in [5, 5.41) is 0. The molecule has 0 aliphatic heterocycles. The van der Waals surface area contributed by atoms with Crippen LogP contribution in [0, 0.1) is 5.82 Å². The smallest absolute Gasteiger partial charge is 0.368 e. The maximum Gasteiger partial charge on any atom is 0.419 e. The first kappa shape index (κ1) is 17.2. The molecule has 1 aromatic carbocycles. The lowest BCUT2D eigenvalue weighted by Crippen LogP contribution is -2.44. The van der Waals surface area contributed by atoms with Crippen molar-refractivity contribution in [2.24, 2.45) is 5.73 Å². The summed E-state index contributed by atoms with van der Waals surface area (Å²) in [6, 6.07) is 1.82. The minimum Gasteiger partial charge on any atom is -0.368 e. The quantitative estimate of drug-likeness (QED) is 0.862. The molecule has 4 nitrogen and oxygen atoms in total. The average molecular weight is 332 g/mol. The number of nitrogens with zero attached hydrogens (tertiary/aromatic N) is 1. The van der Waals surface area contributed by atoms with Gasteiger partial charge in [0.2, 0.25) is 5.91 Å². The molecule has 2 N–H and O–H groups in total. The van der Waals surface area contributed by atoms with Gasteiger partial charge in [0.25, 0.3) is 5.91 Å². The van der Waals surface area contributed by atoms with Crippen LogP contribution in [0.5, 0.6) is 0 Å². The average Bonchev–Trinajstić information content (AvgIpc) is 2.97. The lowest BCUT2D eigenvalue weighted by Gasteiger charge is -2.28. The predicted octanol–water partition coefficient (Wildman–Crippen LogP) is 2.71. The van der Waals surface area contributed by atoms with E-state index >= 15 is 0 Å². The maximum absolute atomic E-state index is 13.3. The number of rotatable bonds is 4. The van der Waals surface area contributed by atoms with Crippen LogP contribution in [0.2, 0.25) is 0 Å². The Hall–Kier alpha value is -2.12. The number of carbonyl (C=O) groups is 2. The molecule has 8 heteroatoms. The van der Waals surface area contributed by atoms with Gasteiger partial charge in [-0.2, -0.15) is 13.2 Å². The number of hydrogen-bond donors (Lipinski definition) is 1. The van der Waals surface area contributed by atoms with Crippen molar-refractivity contribution in [2.75, 3.05) is 6.54 Å². The van der Waals surface area contributed by atoms with E-state index in [9.17, 15) is 27.2 Å². The fourth-order valence-corrected chi connectivity index (χ4v) is 2.79. The molecule has 0 aromatic heterocycles. The molecule has 0 atom stereocenters. The highest BCUT2D eigenvalue weighted by Crippen LogP contribution is 2.32. The van der Waals surface area contributed by atoms with E-state index in [0.29, 0.717) is 25.0 Å². The van der Waals surface area contributed by atoms with Crippen LogP contribution >= 0.6 is 0 Å². The van der Waals surface area contributed by atoms with Gasteiger partial charge in [-0.1, -0.05) is 12.8 Å². The Labute approximate surface area is 130 Å². The van der Waals surface area contributed by atoms with Gasteiger partial charge in [0.1, 0.15) is 5.82 Å². The number of halogens is 4. The van der Waals surface area contributed by atoms with Crippen LogP contribution in [0.3, 0.4) is 0 Å². The number of primary amides is 1. The molecule has 2 amide bonds. The highest BCUT2D eigenvalue weighted by molar-refractivity contribution is 5.96. The van der Waals surface area contributed by atoms with Gasteiger partial charge in [-0.15, -0.1) is 0 Å². The Morgan fingerprint density at radius 1 is 1.22 bits per heavy atom. The molecular weight excluding hydrogens is 316 g/mol. The van der Waals surface area contributed by atoms with Crippen LogP contribution in [0.15, 0.2) is 18.2 Å². The van der Waals surface area contributed by atoms with Crippen molar-refractivity contribution < 1.29 is 27.2 Å². The SMILES string of the molecule is NC(=O)CN(C(=O)c1ccc(F)c(C(F)(F)F)c1)C1CCCC1. The molecule has 0 radical (unpaired) electrons. The summed E-state index contributed by atoms with van der Waals surface area (Å²) in [6.07, 6.45) is -1.85. The second-order valence-electron chi connectivity index (χ2n) is 5.53. The van der Waals surface area contributed by atoms with Crippen LogP contribution in [0.4, 0.5) is 17.6 Å². The molecule has 0 spiro atoms. The monoisotopic (exact) mass is 332 g/mol. The van der Waals surface area contributed by atoms with E-state index in [1.165, 1.54) is 4.90 Å². The first-order chi connectivity index (χ1) is 10.7. The molecule has 1 aliphatic rings. The molecule has 1 aliphatic carbocycles. The summed E-state index contributed by atoms with van der Waals surface area (Å²) in [6.45, 7) is -0.373. The predicted molar refractivity (Wildman–Crippen MR) is 73.9 cm³/mol. The molecular formula is C15H16F4N2O2. The maximum atomic E-state index is 13.3. The molecule has 0 bridgehead atoms. The topological polar surface area (TPSA) is 63.4 Å². The Balaban J connectivity index is 2.34. The van der Waals surface area contributed by atoms with E-state index in [-0.39, 0.29) is 18.2 Å². The zero-order chi connectivity index (χ0) is 17.2. The molecule has 1 fully saturated rings. The minimum absolute atomic E-state index is 0.241. The van der Waals surface area contributed by atoms with Gasteiger partial charge < -0.3 is 10.6 Å². The largest absolute Gasteiger partial charge is 0.419 e. The number of nitrogens with two attached hydrogens (primary N) is 1. The fraction of sp³-hybridized carbons (Fsp3) is 0.467. The molecule has 0 heterocycles. The van der Waals surface area contributed by atoms with Crippen LogP contribution in [-0.2, 0) is 11.0 Å². The lowest BCUT2D eigenvalue weighted by molar-refractivity contribution is -0.140. The van der Waals surface area contributed by atoms with Crippen LogP contribution < -0.4 is 5.73 Å². The number of alkyl halides is 3. The Bertz CT molecular complexity index is 610. The van der Waals surface area contributed by atoms with Gasteiger partial charge in [-0.3, -0.25) is 9.59 Å². The van der Waals surface area contributed by atoms with Gasteiger partial charge in [0.05, 0.1) is 12.1 Å². The molecule has 1 aromatic rings. The van der Waals surface area contributed by atoms with Gasteiger partial charge in [-0.05, 0) is 31.0 Å². The normalized spacial score (nSPS) is 15.7. The summed E-state index contributed by atoms with van der Waals surface area (Å²) in [4.78, 5) is 24.8.